The van der Waals surface area contributed by atoms with Crippen LogP contribution in [-0.4, -0.2) is 13.8 Å². The molecule has 3 radical (unpaired) electrons. The number of hydrogen-bond donors (Lipinski definition) is 0. The van der Waals surface area contributed by atoms with Crippen molar-refractivity contribution in [3.05, 3.63) is 13.0 Å². The van der Waals surface area contributed by atoms with Crippen LogP contribution < -0.4 is 0 Å². The quantitative estimate of drug-likeness (QED) is 0.485. The zero-order valence-corrected chi connectivity index (χ0v) is 10.0. The fourth-order valence-corrected chi connectivity index (χ4v) is 1.30. The van der Waals surface area contributed by atoms with Crippen LogP contribution in [0, 0.1) is 24.9 Å². The van der Waals surface area contributed by atoms with Crippen LogP contribution in [0.4, 0.5) is 0 Å². The van der Waals surface area contributed by atoms with Crippen molar-refractivity contribution in [1.29, 1.82) is 0 Å². The van der Waals surface area contributed by atoms with Crippen LogP contribution in [0.5, 0.6) is 0 Å². The first-order chi connectivity index (χ1) is 4.66. The summed E-state index contributed by atoms with van der Waals surface area (Å²) in [6, 6.07) is -0.176. The van der Waals surface area contributed by atoms with Gasteiger partial charge in [0.05, 0.1) is 0 Å². The molecule has 1 heterocycles. The van der Waals surface area contributed by atoms with Gasteiger partial charge in [-0.1, -0.05) is 13.8 Å². The first-order valence-electron chi connectivity index (χ1n) is 3.77. The molecule has 1 aliphatic rings. The minimum absolute atomic E-state index is 0. The van der Waals surface area contributed by atoms with Crippen LogP contribution in [0.15, 0.2) is 0 Å². The van der Waals surface area contributed by atoms with E-state index in [4.69, 9.17) is 12.6 Å². The Hall–Kier alpha value is 1.13. The van der Waals surface area contributed by atoms with Gasteiger partial charge in [-0.2, -0.15) is 24.4 Å². The summed E-state index contributed by atoms with van der Waals surface area (Å²) >= 11 is 0. The van der Waals surface area contributed by atoms with Gasteiger partial charge in [0.25, 0.3) is 0 Å². The van der Waals surface area contributed by atoms with Crippen LogP contribution in [0.2, 0.25) is 0 Å². The second-order valence-corrected chi connectivity index (χ2v) is 2.85. The molecule has 0 aromatic heterocycles. The molecule has 3 atom stereocenters. The molecule has 11 heavy (non-hydrogen) atoms. The summed E-state index contributed by atoms with van der Waals surface area (Å²) in [5.74, 6) is 0.662. The molecule has 0 saturated carbocycles. The smallest absolute Gasteiger partial charge is 0.101 e. The van der Waals surface area contributed by atoms with Gasteiger partial charge in [-0.15, -0.1) is 0 Å². The van der Waals surface area contributed by atoms with Gasteiger partial charge in [0.1, 0.15) is 7.85 Å². The third-order valence-corrected chi connectivity index (χ3v) is 2.21. The molecule has 0 N–H and O–H groups in total. The zero-order valence-electron chi connectivity index (χ0n) is 7.21. The summed E-state index contributed by atoms with van der Waals surface area (Å²) in [5.41, 5.74) is 0. The van der Waals surface area contributed by atoms with E-state index in [1.54, 1.807) is 0 Å². The van der Waals surface area contributed by atoms with Crippen molar-refractivity contribution in [2.24, 2.45) is 11.8 Å². The maximum Gasteiger partial charge on any atom is 0.101 e. The van der Waals surface area contributed by atoms with E-state index < -0.39 is 0 Å². The van der Waals surface area contributed by atoms with Crippen molar-refractivity contribution in [2.75, 3.05) is 0 Å². The molecule has 0 spiro atoms. The molecule has 1 aliphatic heterocycles. The van der Waals surface area contributed by atoms with Gasteiger partial charge in [0.2, 0.25) is 0 Å². The first-order valence-corrected chi connectivity index (χ1v) is 3.77. The predicted octanol–water partition coefficient (Wildman–Crippen LogP) is 1.54. The van der Waals surface area contributed by atoms with E-state index in [-0.39, 0.29) is 44.6 Å². The van der Waals surface area contributed by atoms with Crippen molar-refractivity contribution in [1.82, 2.24) is 0 Å². The summed E-state index contributed by atoms with van der Waals surface area (Å²) in [5, 5.41) is 0. The summed E-state index contributed by atoms with van der Waals surface area (Å²) in [4.78, 5) is 0. The maximum absolute atomic E-state index is 5.63. The molecule has 1 saturated heterocycles. The molecule has 0 aromatic rings. The van der Waals surface area contributed by atoms with Crippen LogP contribution in [0.1, 0.15) is 20.3 Å². The second kappa shape index (κ2) is 4.99. The Kier molecular flexibility index (Phi) is 5.50. The van der Waals surface area contributed by atoms with Gasteiger partial charge in [0.15, 0.2) is 0 Å². The average Bonchev–Trinajstić information content (AvgIpc) is 2.17. The summed E-state index contributed by atoms with van der Waals surface area (Å²) < 4.78 is 5.37. The Labute approximate surface area is 95.9 Å². The van der Waals surface area contributed by atoms with Gasteiger partial charge < -0.3 is 11.7 Å². The molecular weight excluding hydrogens is 212 g/mol. The fourth-order valence-electron chi connectivity index (χ4n) is 1.30. The van der Waals surface area contributed by atoms with Crippen LogP contribution in [0.3, 0.4) is 0 Å². The normalized spacial score (nSPS) is 38.6. The van der Waals surface area contributed by atoms with Crippen molar-refractivity contribution < 1.29 is 37.4 Å². The molecular formula is C8H13BOY-2. The molecule has 2 unspecified atom stereocenters. The minimum atomic E-state index is -0.176. The van der Waals surface area contributed by atoms with E-state index >= 15 is 0 Å². The number of ether oxygens (including phenoxy) is 1. The fraction of sp³-hybridized carbons (Fsp3) is 0.750. The average molecular weight is 225 g/mol. The van der Waals surface area contributed by atoms with Gasteiger partial charge in [0, 0.05) is 32.7 Å². The predicted molar refractivity (Wildman–Crippen MR) is 42.2 cm³/mol. The maximum atomic E-state index is 5.63. The topological polar surface area (TPSA) is 9.23 Å². The molecule has 0 aliphatic carbocycles. The van der Waals surface area contributed by atoms with Crippen molar-refractivity contribution in [3.63, 3.8) is 0 Å². The Morgan fingerprint density at radius 1 is 1.64 bits per heavy atom. The largest absolute Gasteiger partial charge is 0.555 e. The van der Waals surface area contributed by atoms with E-state index in [2.05, 4.69) is 20.8 Å². The third kappa shape index (κ3) is 2.53. The molecule has 0 amide bonds. The van der Waals surface area contributed by atoms with E-state index in [9.17, 15) is 0 Å². The van der Waals surface area contributed by atoms with Gasteiger partial charge in [-0.25, -0.2) is 0 Å². The molecule has 1 nitrogen and oxygen atoms in total. The van der Waals surface area contributed by atoms with Gasteiger partial charge in [-0.05, 0) is 6.00 Å². The summed E-state index contributed by atoms with van der Waals surface area (Å²) in [7, 11) is 5.63. The van der Waals surface area contributed by atoms with E-state index in [0.717, 1.165) is 12.5 Å². The van der Waals surface area contributed by atoms with Crippen LogP contribution >= 0.6 is 0 Å². The van der Waals surface area contributed by atoms with Crippen molar-refractivity contribution in [2.45, 2.75) is 26.3 Å². The SMILES string of the molecule is [B][C@@H]1O[C-](CC)C(C)C1[CH2-].[Y]. The number of rotatable bonds is 1. The minimum Gasteiger partial charge on any atom is -0.555 e. The first kappa shape index (κ1) is 12.1. The monoisotopic (exact) mass is 225 g/mol. The Balaban J connectivity index is 0.000001000. The van der Waals surface area contributed by atoms with E-state index in [1.807, 2.05) is 0 Å². The third-order valence-electron chi connectivity index (χ3n) is 2.21. The standard InChI is InChI=1S/C8H13BO.Y/c1-4-7-5(2)6(3)8(9)10-7;/h5-6,8H,3-4H2,1-2H3;/q-2;/t5?,6?,8-;/m1./s1. The van der Waals surface area contributed by atoms with E-state index in [1.165, 1.54) is 0 Å². The van der Waals surface area contributed by atoms with Gasteiger partial charge >= 0.3 is 0 Å². The molecule has 59 valence electrons. The van der Waals surface area contributed by atoms with Crippen molar-refractivity contribution >= 4 is 7.85 Å². The van der Waals surface area contributed by atoms with E-state index in [0.29, 0.717) is 5.92 Å². The molecule has 1 rings (SSSR count). The Bertz CT molecular complexity index is 121. The molecule has 0 bridgehead atoms. The van der Waals surface area contributed by atoms with Crippen LogP contribution in [-0.2, 0) is 37.4 Å². The van der Waals surface area contributed by atoms with Gasteiger partial charge in [-0.3, -0.25) is 0 Å². The zero-order chi connectivity index (χ0) is 7.72. The molecule has 0 aromatic carbocycles. The van der Waals surface area contributed by atoms with Crippen molar-refractivity contribution in [3.8, 4) is 0 Å². The Morgan fingerprint density at radius 3 is 2.36 bits per heavy atom. The summed E-state index contributed by atoms with van der Waals surface area (Å²) in [6.07, 6.45) is 2.06. The molecule has 1 fully saturated rings. The summed E-state index contributed by atoms with van der Waals surface area (Å²) in [6.45, 7) is 8.12. The molecule has 3 heteroatoms. The number of hydrogen-bond acceptors (Lipinski definition) is 1. The second-order valence-electron chi connectivity index (χ2n) is 2.85. The Morgan fingerprint density at radius 2 is 2.18 bits per heavy atom. The van der Waals surface area contributed by atoms with Crippen LogP contribution in [0.25, 0.3) is 0 Å².